The number of benzene rings is 1. The predicted molar refractivity (Wildman–Crippen MR) is 179 cm³/mol. The highest BCUT2D eigenvalue weighted by molar-refractivity contribution is 5.92. The molecule has 0 aliphatic carbocycles. The molecule has 2 amide bonds. The van der Waals surface area contributed by atoms with E-state index in [1.165, 1.54) is 0 Å². The van der Waals surface area contributed by atoms with Gasteiger partial charge in [-0.1, -0.05) is 33.3 Å². The predicted octanol–water partition coefficient (Wildman–Crippen LogP) is 3.92. The summed E-state index contributed by atoms with van der Waals surface area (Å²) >= 11 is 0. The van der Waals surface area contributed by atoms with E-state index in [1.54, 1.807) is 7.11 Å². The van der Waals surface area contributed by atoms with Gasteiger partial charge in [-0.3, -0.25) is 14.6 Å². The van der Waals surface area contributed by atoms with Crippen molar-refractivity contribution in [1.82, 2.24) is 15.6 Å². The van der Waals surface area contributed by atoms with Gasteiger partial charge in [0.05, 0.1) is 30.8 Å². The second-order valence-corrected chi connectivity index (χ2v) is 11.2. The number of carboxylic acid groups (broad SMARTS) is 1. The highest BCUT2D eigenvalue weighted by Gasteiger charge is 2.25. The van der Waals surface area contributed by atoms with Crippen molar-refractivity contribution in [3.63, 3.8) is 0 Å². The van der Waals surface area contributed by atoms with E-state index in [0.717, 1.165) is 40.9 Å². The Hall–Kier alpha value is -2.57. The first-order valence-electron chi connectivity index (χ1n) is 13.9. The number of nitrogens with two attached hydrogens (primary N) is 2. The van der Waals surface area contributed by atoms with Crippen LogP contribution in [0.1, 0.15) is 71.9 Å². The number of amides is 2. The first kappa shape index (κ1) is 42.6. The molecule has 0 aliphatic rings. The fourth-order valence-corrected chi connectivity index (χ4v) is 4.20. The molecule has 8 N–H and O–H groups in total. The zero-order valence-corrected chi connectivity index (χ0v) is 28.1. The molecule has 43 heavy (non-hydrogen) atoms. The number of nitrogens with zero attached hydrogens (tertiary/aromatic N) is 1. The Morgan fingerprint density at radius 2 is 1.72 bits per heavy atom. The van der Waals surface area contributed by atoms with E-state index in [1.807, 2.05) is 25.1 Å². The average molecular weight is 668 g/mol. The van der Waals surface area contributed by atoms with Gasteiger partial charge in [-0.15, -0.1) is 37.2 Å². The second kappa shape index (κ2) is 20.4. The highest BCUT2D eigenvalue weighted by Crippen LogP contribution is 2.31. The van der Waals surface area contributed by atoms with Gasteiger partial charge in [-0.25, -0.2) is 4.79 Å². The van der Waals surface area contributed by atoms with Gasteiger partial charge in [0.1, 0.15) is 11.8 Å². The molecule has 11 nitrogen and oxygen atoms in total. The molecule has 14 heteroatoms. The van der Waals surface area contributed by atoms with Crippen molar-refractivity contribution in [2.75, 3.05) is 25.5 Å². The number of fused-ring (bicyclic) bond motifs is 1. The lowest BCUT2D eigenvalue weighted by molar-refractivity contribution is -0.143. The monoisotopic (exact) mass is 666 g/mol. The summed E-state index contributed by atoms with van der Waals surface area (Å²) in [5.41, 5.74) is 13.9. The van der Waals surface area contributed by atoms with Gasteiger partial charge >= 0.3 is 5.97 Å². The van der Waals surface area contributed by atoms with Crippen molar-refractivity contribution in [3.8, 4) is 5.75 Å². The summed E-state index contributed by atoms with van der Waals surface area (Å²) in [6.45, 7) is 9.29. The minimum atomic E-state index is -1.35. The molecule has 1 unspecified atom stereocenters. The number of aliphatic carboxylic acids is 1. The number of aromatic nitrogens is 1. The van der Waals surface area contributed by atoms with E-state index in [4.69, 9.17) is 21.2 Å². The molecular formula is C29H49Cl3N6O5. The largest absolute Gasteiger partial charge is 0.497 e. The van der Waals surface area contributed by atoms with Crippen LogP contribution in [0.2, 0.25) is 0 Å². The van der Waals surface area contributed by atoms with E-state index in [0.29, 0.717) is 32.4 Å². The Morgan fingerprint density at radius 3 is 2.30 bits per heavy atom. The number of ether oxygens (including phenoxy) is 1. The third-order valence-electron chi connectivity index (χ3n) is 6.62. The van der Waals surface area contributed by atoms with E-state index >= 15 is 0 Å². The summed E-state index contributed by atoms with van der Waals surface area (Å²) in [5.74, 6) is -1.60. The first-order valence-corrected chi connectivity index (χ1v) is 13.9. The normalized spacial score (nSPS) is 12.8. The molecule has 1 heterocycles. The minimum absolute atomic E-state index is 0. The van der Waals surface area contributed by atoms with Crippen molar-refractivity contribution in [2.45, 2.75) is 89.8 Å². The fourth-order valence-electron chi connectivity index (χ4n) is 4.20. The number of carbonyl (C=O) groups is 3. The Morgan fingerprint density at radius 1 is 1.05 bits per heavy atom. The summed E-state index contributed by atoms with van der Waals surface area (Å²) in [6.07, 6.45) is 2.83. The zero-order valence-electron chi connectivity index (χ0n) is 25.6. The number of pyridine rings is 1. The van der Waals surface area contributed by atoms with Crippen LogP contribution in [0.25, 0.3) is 10.9 Å². The average Bonchev–Trinajstić information content (AvgIpc) is 2.89. The molecule has 0 bridgehead atoms. The second-order valence-electron chi connectivity index (χ2n) is 11.2. The Kier molecular flexibility index (Phi) is 20.2. The Balaban J connectivity index is 0. The molecule has 0 saturated carbocycles. The number of methoxy groups -OCH3 is 1. The SMILES string of the molecule is COc1cc(NC(C)CCCNC(=O)C[C@H](NC(=O)[C@@H](N)CCCCN)C(=O)O)c2nc(C(C)(C)C)ccc2c1.Cl.Cl.Cl. The number of unbranched alkanes of at least 4 members (excludes halogenated alkanes) is 1. The van der Waals surface area contributed by atoms with E-state index < -0.39 is 29.9 Å². The molecule has 0 radical (unpaired) electrons. The lowest BCUT2D eigenvalue weighted by Gasteiger charge is -2.21. The van der Waals surface area contributed by atoms with Crippen LogP contribution in [0.3, 0.4) is 0 Å². The number of rotatable bonds is 16. The summed E-state index contributed by atoms with van der Waals surface area (Å²) in [7, 11) is 1.63. The number of carboxylic acids is 1. The lowest BCUT2D eigenvalue weighted by Crippen LogP contribution is -2.50. The molecule has 0 spiro atoms. The zero-order chi connectivity index (χ0) is 29.9. The van der Waals surface area contributed by atoms with Crippen LogP contribution in [-0.2, 0) is 19.8 Å². The van der Waals surface area contributed by atoms with E-state index in [-0.39, 0.29) is 55.1 Å². The van der Waals surface area contributed by atoms with Crippen molar-refractivity contribution in [3.05, 3.63) is 30.0 Å². The van der Waals surface area contributed by atoms with Gasteiger partial charge in [-0.2, -0.15) is 0 Å². The van der Waals surface area contributed by atoms with Crippen LogP contribution in [0.4, 0.5) is 5.69 Å². The highest BCUT2D eigenvalue weighted by atomic mass is 35.5. The minimum Gasteiger partial charge on any atom is -0.497 e. The smallest absolute Gasteiger partial charge is 0.326 e. The first-order chi connectivity index (χ1) is 18.8. The van der Waals surface area contributed by atoms with Crippen LogP contribution in [0, 0.1) is 0 Å². The maximum Gasteiger partial charge on any atom is 0.326 e. The molecule has 2 aromatic rings. The third kappa shape index (κ3) is 14.2. The molecule has 0 fully saturated rings. The third-order valence-corrected chi connectivity index (χ3v) is 6.62. The van der Waals surface area contributed by atoms with Crippen LogP contribution in [-0.4, -0.2) is 66.2 Å². The molecule has 0 saturated heterocycles. The molecule has 2 rings (SSSR count). The van der Waals surface area contributed by atoms with E-state index in [2.05, 4.69) is 42.8 Å². The van der Waals surface area contributed by atoms with Crippen molar-refractivity contribution in [1.29, 1.82) is 0 Å². The van der Waals surface area contributed by atoms with Crippen LogP contribution in [0.15, 0.2) is 24.3 Å². The van der Waals surface area contributed by atoms with Crippen LogP contribution < -0.4 is 32.2 Å². The molecule has 1 aromatic carbocycles. The van der Waals surface area contributed by atoms with Crippen LogP contribution in [0.5, 0.6) is 5.75 Å². The van der Waals surface area contributed by atoms with Gasteiger partial charge in [0.2, 0.25) is 11.8 Å². The number of carbonyl (C=O) groups excluding carboxylic acids is 2. The number of hydrogen-bond acceptors (Lipinski definition) is 8. The Bertz CT molecular complexity index is 1170. The maximum atomic E-state index is 12.4. The number of anilines is 1. The standard InChI is InChI=1S/C29H46N6O5.3ClH/c1-18(33-22-16-20(40-5)15-19-11-12-24(29(2,3)4)35-26(19)22)9-8-14-32-25(36)17-23(28(38)39)34-27(37)21(31)10-6-7-13-30;;;/h11-12,15-16,18,21,23,33H,6-10,13-14,17,30-31H2,1-5H3,(H,32,36)(H,34,37)(H,38,39);3*1H/t18?,21-,23-;;;/m0.../s1. The quantitative estimate of drug-likeness (QED) is 0.145. The molecule has 0 aliphatic heterocycles. The van der Waals surface area contributed by atoms with Crippen molar-refractivity contribution >= 4 is 71.6 Å². The van der Waals surface area contributed by atoms with Gasteiger partial charge in [0, 0.05) is 35.1 Å². The fraction of sp³-hybridized carbons (Fsp3) is 0.586. The summed E-state index contributed by atoms with van der Waals surface area (Å²) in [5, 5.41) is 19.1. The van der Waals surface area contributed by atoms with Gasteiger partial charge in [-0.05, 0) is 51.3 Å². The Labute approximate surface area is 273 Å². The van der Waals surface area contributed by atoms with Gasteiger partial charge < -0.3 is 37.3 Å². The van der Waals surface area contributed by atoms with Crippen molar-refractivity contribution < 1.29 is 24.2 Å². The number of hydrogen-bond donors (Lipinski definition) is 6. The summed E-state index contributed by atoms with van der Waals surface area (Å²) in [6, 6.07) is 5.86. The van der Waals surface area contributed by atoms with E-state index in [9.17, 15) is 19.5 Å². The summed E-state index contributed by atoms with van der Waals surface area (Å²) in [4.78, 5) is 41.1. The number of halogens is 3. The van der Waals surface area contributed by atoms with Gasteiger partial charge in [0.15, 0.2) is 0 Å². The number of nitrogens with one attached hydrogen (secondary N) is 3. The van der Waals surface area contributed by atoms with Crippen LogP contribution >= 0.6 is 37.2 Å². The summed E-state index contributed by atoms with van der Waals surface area (Å²) < 4.78 is 5.48. The van der Waals surface area contributed by atoms with Gasteiger partial charge in [0.25, 0.3) is 0 Å². The molecule has 1 aromatic heterocycles. The molecular weight excluding hydrogens is 619 g/mol. The topological polar surface area (TPSA) is 182 Å². The van der Waals surface area contributed by atoms with Crippen molar-refractivity contribution in [2.24, 2.45) is 11.5 Å². The molecule has 3 atom stereocenters. The molecule has 246 valence electrons. The lowest BCUT2D eigenvalue weighted by atomic mass is 9.91. The maximum absolute atomic E-state index is 12.4.